The average molecular weight is 289 g/mol. The van der Waals surface area contributed by atoms with Crippen LogP contribution in [-0.4, -0.2) is 0 Å². The molecule has 0 aliphatic carbocycles. The summed E-state index contributed by atoms with van der Waals surface area (Å²) in [6.07, 6.45) is 0. The Hall–Kier alpha value is -0.330. The Morgan fingerprint density at radius 1 is 1.50 bits per heavy atom. The molecule has 1 atom stereocenters. The van der Waals surface area contributed by atoms with Gasteiger partial charge in [0.2, 0.25) is 0 Å². The number of halogens is 2. The molecule has 0 radical (unpaired) electrons. The van der Waals surface area contributed by atoms with Gasteiger partial charge in [-0.05, 0) is 30.7 Å². The molecule has 12 heavy (non-hydrogen) atoms. The third-order valence-electron chi connectivity index (χ3n) is 1.56. The van der Waals surface area contributed by atoms with Crippen LogP contribution < -0.4 is 0 Å². The van der Waals surface area contributed by atoms with Gasteiger partial charge in [0.15, 0.2) is 0 Å². The highest BCUT2D eigenvalue weighted by Crippen LogP contribution is 2.27. The third-order valence-corrected chi connectivity index (χ3v) is 2.55. The van der Waals surface area contributed by atoms with Crippen LogP contribution in [0.4, 0.5) is 0 Å². The smallest absolute Gasteiger partial charge is 0.0994 e. The average Bonchev–Trinajstić information content (AvgIpc) is 2.04. The molecule has 1 rings (SSSR count). The topological polar surface area (TPSA) is 23.8 Å². The van der Waals surface area contributed by atoms with E-state index in [1.165, 1.54) is 0 Å². The van der Waals surface area contributed by atoms with Crippen LogP contribution in [0.15, 0.2) is 22.7 Å². The summed E-state index contributed by atoms with van der Waals surface area (Å²) in [5.41, 5.74) is 1.74. The van der Waals surface area contributed by atoms with Gasteiger partial charge in [-0.1, -0.05) is 31.9 Å². The monoisotopic (exact) mass is 287 g/mol. The number of hydrogen-bond donors (Lipinski definition) is 0. The summed E-state index contributed by atoms with van der Waals surface area (Å²) in [4.78, 5) is 0.213. The number of benzene rings is 1. The molecule has 0 aliphatic heterocycles. The highest BCUT2D eigenvalue weighted by molar-refractivity contribution is 9.10. The fourth-order valence-electron chi connectivity index (χ4n) is 0.965. The normalized spacial score (nSPS) is 12.2. The Kier molecular flexibility index (Phi) is 3.30. The molecule has 1 aromatic carbocycles. The van der Waals surface area contributed by atoms with Gasteiger partial charge in [0, 0.05) is 9.30 Å². The van der Waals surface area contributed by atoms with Crippen LogP contribution in [0.2, 0.25) is 0 Å². The van der Waals surface area contributed by atoms with Gasteiger partial charge in [0.05, 0.1) is 11.6 Å². The van der Waals surface area contributed by atoms with Crippen molar-refractivity contribution in [2.45, 2.75) is 11.8 Å². The molecule has 1 unspecified atom stereocenters. The summed E-state index contributed by atoms with van der Waals surface area (Å²) in [6.45, 7) is 2.00. The summed E-state index contributed by atoms with van der Waals surface area (Å²) in [5, 5.41) is 8.77. The van der Waals surface area contributed by atoms with Gasteiger partial charge in [0.1, 0.15) is 0 Å². The van der Waals surface area contributed by atoms with E-state index in [0.29, 0.717) is 0 Å². The summed E-state index contributed by atoms with van der Waals surface area (Å²) in [6, 6.07) is 7.80. The van der Waals surface area contributed by atoms with Gasteiger partial charge in [-0.25, -0.2) is 0 Å². The summed E-state index contributed by atoms with van der Waals surface area (Å²) >= 11 is 6.80. The minimum atomic E-state index is 0.213. The van der Waals surface area contributed by atoms with Crippen LogP contribution in [0.3, 0.4) is 0 Å². The van der Waals surface area contributed by atoms with E-state index in [1.807, 2.05) is 25.1 Å². The Balaban J connectivity index is 3.24. The summed E-state index contributed by atoms with van der Waals surface area (Å²) < 4.78 is 1.00. The van der Waals surface area contributed by atoms with E-state index in [-0.39, 0.29) is 4.83 Å². The van der Waals surface area contributed by atoms with E-state index in [9.17, 15) is 0 Å². The van der Waals surface area contributed by atoms with Gasteiger partial charge >= 0.3 is 0 Å². The first-order valence-corrected chi connectivity index (χ1v) is 5.19. The fourth-order valence-corrected chi connectivity index (χ4v) is 1.72. The van der Waals surface area contributed by atoms with E-state index in [4.69, 9.17) is 5.26 Å². The molecule has 0 aliphatic rings. The van der Waals surface area contributed by atoms with Crippen molar-refractivity contribution in [2.24, 2.45) is 0 Å². The number of rotatable bonds is 1. The van der Waals surface area contributed by atoms with Crippen LogP contribution in [0, 0.1) is 11.3 Å². The van der Waals surface area contributed by atoms with Crippen LogP contribution >= 0.6 is 31.9 Å². The second kappa shape index (κ2) is 4.06. The van der Waals surface area contributed by atoms with Crippen molar-refractivity contribution >= 4 is 31.9 Å². The second-order valence-corrected chi connectivity index (χ2v) is 4.75. The highest BCUT2D eigenvalue weighted by atomic mass is 79.9. The lowest BCUT2D eigenvalue weighted by atomic mass is 10.1. The largest absolute Gasteiger partial charge is 0.192 e. The Labute approximate surface area is 88.7 Å². The minimum absolute atomic E-state index is 0.213. The molecule has 0 saturated carbocycles. The molecule has 3 heteroatoms. The zero-order valence-electron chi connectivity index (χ0n) is 6.51. The van der Waals surface area contributed by atoms with Gasteiger partial charge in [-0.3, -0.25) is 0 Å². The molecule has 0 N–H and O–H groups in total. The molecular weight excluding hydrogens is 282 g/mol. The lowest BCUT2D eigenvalue weighted by Gasteiger charge is -2.05. The van der Waals surface area contributed by atoms with E-state index in [2.05, 4.69) is 37.9 Å². The van der Waals surface area contributed by atoms with E-state index < -0.39 is 0 Å². The molecule has 0 spiro atoms. The van der Waals surface area contributed by atoms with Crippen molar-refractivity contribution in [2.75, 3.05) is 0 Å². The Bertz CT molecular complexity index is 326. The van der Waals surface area contributed by atoms with Gasteiger partial charge in [-0.15, -0.1) is 0 Å². The molecule has 0 aromatic heterocycles. The van der Waals surface area contributed by atoms with Gasteiger partial charge in [-0.2, -0.15) is 5.26 Å². The highest BCUT2D eigenvalue weighted by Gasteiger charge is 2.07. The van der Waals surface area contributed by atoms with Crippen LogP contribution in [0.25, 0.3) is 0 Å². The zero-order valence-corrected chi connectivity index (χ0v) is 9.68. The number of hydrogen-bond acceptors (Lipinski definition) is 1. The molecule has 1 aromatic rings. The van der Waals surface area contributed by atoms with Crippen molar-refractivity contribution < 1.29 is 0 Å². The summed E-state index contributed by atoms with van der Waals surface area (Å²) in [7, 11) is 0. The van der Waals surface area contributed by atoms with Crippen LogP contribution in [0.1, 0.15) is 22.9 Å². The molecule has 62 valence electrons. The number of nitrogens with zero attached hydrogens (tertiary/aromatic N) is 1. The Morgan fingerprint density at radius 3 is 2.67 bits per heavy atom. The first-order chi connectivity index (χ1) is 5.65. The SMILES string of the molecule is CC(Br)c1cc(Br)ccc1C#N. The Morgan fingerprint density at radius 2 is 2.17 bits per heavy atom. The number of alkyl halides is 1. The van der Waals surface area contributed by atoms with Crippen molar-refractivity contribution in [3.8, 4) is 6.07 Å². The maximum absolute atomic E-state index is 8.77. The van der Waals surface area contributed by atoms with Crippen molar-refractivity contribution in [1.82, 2.24) is 0 Å². The lowest BCUT2D eigenvalue weighted by Crippen LogP contribution is -1.89. The molecule has 0 bridgehead atoms. The standard InChI is InChI=1S/C9H7Br2N/c1-6(10)9-4-8(11)3-2-7(9)5-12/h2-4,6H,1H3. The first-order valence-electron chi connectivity index (χ1n) is 3.48. The third kappa shape index (κ3) is 2.09. The minimum Gasteiger partial charge on any atom is -0.192 e. The van der Waals surface area contributed by atoms with Crippen LogP contribution in [0.5, 0.6) is 0 Å². The predicted octanol–water partition coefficient (Wildman–Crippen LogP) is 3.78. The molecular formula is C9H7Br2N. The maximum Gasteiger partial charge on any atom is 0.0994 e. The molecule has 0 amide bonds. The lowest BCUT2D eigenvalue weighted by molar-refractivity contribution is 1.11. The quantitative estimate of drug-likeness (QED) is 0.722. The predicted molar refractivity (Wildman–Crippen MR) is 56.2 cm³/mol. The summed E-state index contributed by atoms with van der Waals surface area (Å²) in [5.74, 6) is 0. The van der Waals surface area contributed by atoms with Gasteiger partial charge in [0.25, 0.3) is 0 Å². The van der Waals surface area contributed by atoms with Crippen molar-refractivity contribution in [3.05, 3.63) is 33.8 Å². The molecule has 0 fully saturated rings. The van der Waals surface area contributed by atoms with E-state index in [0.717, 1.165) is 15.6 Å². The van der Waals surface area contributed by atoms with E-state index in [1.54, 1.807) is 0 Å². The molecule has 0 heterocycles. The van der Waals surface area contributed by atoms with E-state index >= 15 is 0 Å². The van der Waals surface area contributed by atoms with Crippen LogP contribution in [-0.2, 0) is 0 Å². The first kappa shape index (κ1) is 9.76. The molecule has 0 saturated heterocycles. The zero-order chi connectivity index (χ0) is 9.14. The van der Waals surface area contributed by atoms with Crippen molar-refractivity contribution in [1.29, 1.82) is 5.26 Å². The van der Waals surface area contributed by atoms with Gasteiger partial charge < -0.3 is 0 Å². The van der Waals surface area contributed by atoms with Crippen molar-refractivity contribution in [3.63, 3.8) is 0 Å². The fraction of sp³-hybridized carbons (Fsp3) is 0.222. The number of nitriles is 1. The maximum atomic E-state index is 8.77. The second-order valence-electron chi connectivity index (χ2n) is 2.46. The molecule has 1 nitrogen and oxygen atoms in total.